The average molecular weight is 564 g/mol. The van der Waals surface area contributed by atoms with E-state index in [0.717, 1.165) is 51.1 Å². The Morgan fingerprint density at radius 3 is 2.81 bits per heavy atom. The highest BCUT2D eigenvalue weighted by atomic mass is 16.5. The summed E-state index contributed by atoms with van der Waals surface area (Å²) in [6, 6.07) is 17.1. The van der Waals surface area contributed by atoms with Gasteiger partial charge >= 0.3 is 0 Å². The number of aromatic nitrogens is 3. The molecule has 0 saturated carbocycles. The summed E-state index contributed by atoms with van der Waals surface area (Å²) >= 11 is 0. The minimum atomic E-state index is -0.281. The molecule has 0 atom stereocenters. The van der Waals surface area contributed by atoms with Crippen molar-refractivity contribution in [3.8, 4) is 34.3 Å². The van der Waals surface area contributed by atoms with Crippen LogP contribution in [0.2, 0.25) is 0 Å². The second-order valence-electron chi connectivity index (χ2n) is 10.4. The van der Waals surface area contributed by atoms with Crippen molar-refractivity contribution in [2.75, 3.05) is 27.4 Å². The maximum atomic E-state index is 14.0. The average Bonchev–Trinajstić information content (AvgIpc) is 3.66. The number of carbonyl (C=O) groups excluding carboxylic acids is 2. The number of fused-ring (bicyclic) bond motifs is 10. The fraction of sp³-hybridized carbons (Fsp3) is 0.219. The van der Waals surface area contributed by atoms with E-state index in [9.17, 15) is 9.59 Å². The highest BCUT2D eigenvalue weighted by molar-refractivity contribution is 5.96. The Bertz CT molecular complexity index is 1860. The summed E-state index contributed by atoms with van der Waals surface area (Å²) in [4.78, 5) is 36.7. The van der Waals surface area contributed by atoms with Crippen LogP contribution in [0.1, 0.15) is 27.2 Å². The molecule has 0 radical (unpaired) electrons. The summed E-state index contributed by atoms with van der Waals surface area (Å²) in [7, 11) is 3.21. The van der Waals surface area contributed by atoms with E-state index in [4.69, 9.17) is 14.2 Å². The Labute approximate surface area is 241 Å². The lowest BCUT2D eigenvalue weighted by Crippen LogP contribution is -2.36. The van der Waals surface area contributed by atoms with Gasteiger partial charge in [-0.3, -0.25) is 14.2 Å². The van der Waals surface area contributed by atoms with Gasteiger partial charge in [-0.25, -0.2) is 4.98 Å². The molecule has 0 saturated heterocycles. The van der Waals surface area contributed by atoms with E-state index in [0.29, 0.717) is 36.0 Å². The number of amides is 2. The van der Waals surface area contributed by atoms with Crippen LogP contribution in [-0.2, 0) is 24.3 Å². The van der Waals surface area contributed by atoms with Crippen molar-refractivity contribution in [1.82, 2.24) is 24.8 Å². The molecule has 5 aromatic rings. The Morgan fingerprint density at radius 2 is 1.95 bits per heavy atom. The fourth-order valence-corrected chi connectivity index (χ4v) is 5.76. The van der Waals surface area contributed by atoms with Crippen molar-refractivity contribution in [1.29, 1.82) is 0 Å². The lowest BCUT2D eigenvalue weighted by atomic mass is 10.0. The Balaban J connectivity index is 1.28. The Morgan fingerprint density at radius 1 is 1.05 bits per heavy atom. The molecular formula is C32H29N5O5. The standard InChI is InChI=1S/C32H29N5O5/c1-40-23-4-5-26-24(15-23)25-17-36(9-7-27(25)35-26)32(39)21-11-19-12-22(13-21)37-10-8-33-31(37)20-3-6-28(41-2)29(14-20)42-18-30(38)34-16-19/h3-6,8,10-15,35H,7,9,16-18H2,1-2H3,(H,34,38). The first-order chi connectivity index (χ1) is 20.5. The van der Waals surface area contributed by atoms with Gasteiger partial charge in [0.1, 0.15) is 11.6 Å². The van der Waals surface area contributed by atoms with Gasteiger partial charge in [0.05, 0.1) is 14.2 Å². The van der Waals surface area contributed by atoms with Crippen LogP contribution in [0.4, 0.5) is 0 Å². The van der Waals surface area contributed by atoms with Crippen molar-refractivity contribution < 1.29 is 23.8 Å². The van der Waals surface area contributed by atoms with Crippen molar-refractivity contribution in [3.05, 3.63) is 89.4 Å². The third kappa shape index (κ3) is 4.50. The smallest absolute Gasteiger partial charge is 0.258 e. The number of imidazole rings is 1. The van der Waals surface area contributed by atoms with E-state index in [2.05, 4.69) is 15.3 Å². The molecule has 2 aliphatic heterocycles. The molecule has 2 N–H and O–H groups in total. The predicted molar refractivity (Wildman–Crippen MR) is 156 cm³/mol. The molecule has 7 rings (SSSR count). The van der Waals surface area contributed by atoms with Crippen molar-refractivity contribution in [2.24, 2.45) is 0 Å². The van der Waals surface area contributed by atoms with Crippen LogP contribution in [0.3, 0.4) is 0 Å². The third-order valence-corrected chi connectivity index (χ3v) is 7.88. The molecule has 4 heterocycles. The lowest BCUT2D eigenvalue weighted by Gasteiger charge is -2.28. The van der Waals surface area contributed by atoms with Crippen LogP contribution >= 0.6 is 0 Å². The van der Waals surface area contributed by atoms with Crippen LogP contribution in [0.15, 0.2) is 67.0 Å². The first kappa shape index (κ1) is 25.7. The minimum Gasteiger partial charge on any atom is -0.497 e. The molecular weight excluding hydrogens is 534 g/mol. The van der Waals surface area contributed by atoms with E-state index in [1.807, 2.05) is 58.1 Å². The van der Waals surface area contributed by atoms with E-state index in [1.54, 1.807) is 32.5 Å². The molecule has 10 nitrogen and oxygen atoms in total. The van der Waals surface area contributed by atoms with Crippen LogP contribution in [0, 0.1) is 0 Å². The SMILES string of the molecule is COc1ccc2[nH]c3c(c2c1)CN(C(=O)c1cc2cc(c1)-n1ccnc1-c1ccc(OC)c(c1)OCC(=O)NC2)CC3. The molecule has 0 fully saturated rings. The van der Waals surface area contributed by atoms with Gasteiger partial charge < -0.3 is 29.4 Å². The Kier molecular flexibility index (Phi) is 6.30. The number of nitrogens with one attached hydrogen (secondary N) is 2. The summed E-state index contributed by atoms with van der Waals surface area (Å²) < 4.78 is 18.6. The molecule has 0 spiro atoms. The van der Waals surface area contributed by atoms with Gasteiger partial charge in [-0.05, 0) is 60.2 Å². The number of H-pyrrole nitrogens is 1. The van der Waals surface area contributed by atoms with Crippen molar-refractivity contribution in [2.45, 2.75) is 19.5 Å². The number of benzene rings is 3. The number of methoxy groups -OCH3 is 2. The quantitative estimate of drug-likeness (QED) is 0.340. The summed E-state index contributed by atoms with van der Waals surface area (Å²) in [5, 5.41) is 3.97. The molecule has 42 heavy (non-hydrogen) atoms. The van der Waals surface area contributed by atoms with Gasteiger partial charge in [0.2, 0.25) is 0 Å². The zero-order valence-corrected chi connectivity index (χ0v) is 23.3. The maximum absolute atomic E-state index is 14.0. The maximum Gasteiger partial charge on any atom is 0.258 e. The normalized spacial score (nSPS) is 14.4. The summed E-state index contributed by atoms with van der Waals surface area (Å²) in [5.41, 5.74) is 6.18. The van der Waals surface area contributed by atoms with Gasteiger partial charge in [0.15, 0.2) is 18.1 Å². The second-order valence-corrected chi connectivity index (χ2v) is 10.4. The van der Waals surface area contributed by atoms with Crippen molar-refractivity contribution in [3.63, 3.8) is 0 Å². The number of aromatic amines is 1. The summed E-state index contributed by atoms with van der Waals surface area (Å²) in [5.74, 6) is 2.06. The van der Waals surface area contributed by atoms with E-state index in [1.165, 1.54) is 0 Å². The lowest BCUT2D eigenvalue weighted by molar-refractivity contribution is -0.123. The van der Waals surface area contributed by atoms with Crippen LogP contribution in [0.5, 0.6) is 17.2 Å². The second kappa shape index (κ2) is 10.3. The Hall–Kier alpha value is -5.25. The van der Waals surface area contributed by atoms with Gasteiger partial charge in [0.25, 0.3) is 11.8 Å². The highest BCUT2D eigenvalue weighted by Crippen LogP contribution is 2.34. The van der Waals surface area contributed by atoms with Gasteiger partial charge in [0, 0.05) is 77.4 Å². The van der Waals surface area contributed by atoms with Crippen LogP contribution in [0.25, 0.3) is 28.0 Å². The molecule has 2 aromatic heterocycles. The zero-order chi connectivity index (χ0) is 28.8. The molecule has 10 heteroatoms. The van der Waals surface area contributed by atoms with Gasteiger partial charge in [-0.1, -0.05) is 0 Å². The summed E-state index contributed by atoms with van der Waals surface area (Å²) in [6.45, 7) is 1.14. The number of carbonyl (C=O) groups is 2. The number of hydrogen-bond donors (Lipinski definition) is 2. The topological polar surface area (TPSA) is 111 Å². The molecule has 3 aromatic carbocycles. The molecule has 4 bridgehead atoms. The van der Waals surface area contributed by atoms with E-state index in [-0.39, 0.29) is 25.0 Å². The van der Waals surface area contributed by atoms with Gasteiger partial charge in [-0.2, -0.15) is 0 Å². The molecule has 0 unspecified atom stereocenters. The first-order valence-corrected chi connectivity index (χ1v) is 13.7. The monoisotopic (exact) mass is 563 g/mol. The number of hydrogen-bond acceptors (Lipinski definition) is 6. The predicted octanol–water partition coefficient (Wildman–Crippen LogP) is 4.24. The molecule has 212 valence electrons. The molecule has 0 aliphatic carbocycles. The van der Waals surface area contributed by atoms with E-state index >= 15 is 0 Å². The third-order valence-electron chi connectivity index (χ3n) is 7.88. The first-order valence-electron chi connectivity index (χ1n) is 13.7. The van der Waals surface area contributed by atoms with Gasteiger partial charge in [-0.15, -0.1) is 0 Å². The summed E-state index contributed by atoms with van der Waals surface area (Å²) in [6.07, 6.45) is 4.31. The minimum absolute atomic E-state index is 0.0756. The zero-order valence-electron chi connectivity index (χ0n) is 23.3. The largest absolute Gasteiger partial charge is 0.497 e. The van der Waals surface area contributed by atoms with Crippen molar-refractivity contribution >= 4 is 22.7 Å². The number of ether oxygens (including phenoxy) is 3. The van der Waals surface area contributed by atoms with E-state index < -0.39 is 0 Å². The number of rotatable bonds is 3. The molecule has 2 aliphatic rings. The molecule has 2 amide bonds. The number of nitrogens with zero attached hydrogens (tertiary/aromatic N) is 3. The van der Waals surface area contributed by atoms with Crippen LogP contribution < -0.4 is 19.5 Å². The highest BCUT2D eigenvalue weighted by Gasteiger charge is 2.26. The van der Waals surface area contributed by atoms with Crippen LogP contribution in [-0.4, -0.2) is 58.6 Å². The fourth-order valence-electron chi connectivity index (χ4n) is 5.76.